The second kappa shape index (κ2) is 2.92. The Bertz CT molecular complexity index is 265. The first-order chi connectivity index (χ1) is 5.11. The summed E-state index contributed by atoms with van der Waals surface area (Å²) in [5.74, 6) is 0. The van der Waals surface area contributed by atoms with E-state index in [-0.39, 0.29) is 5.12 Å². The van der Waals surface area contributed by atoms with Crippen molar-refractivity contribution in [3.8, 4) is 0 Å². The molecular formula is C7H8O3S. The first kappa shape index (κ1) is 8.07. The molecule has 1 aliphatic heterocycles. The average Bonchev–Trinajstić information content (AvgIpc) is 1.85. The van der Waals surface area contributed by atoms with Gasteiger partial charge in [-0.2, -0.15) is 0 Å². The van der Waals surface area contributed by atoms with E-state index >= 15 is 0 Å². The molecule has 0 amide bonds. The maximum Gasteiger partial charge on any atom is 0.355 e. The first-order valence-electron chi connectivity index (χ1n) is 3.04. The zero-order valence-electron chi connectivity index (χ0n) is 5.94. The van der Waals surface area contributed by atoms with Crippen LogP contribution < -0.4 is 0 Å². The lowest BCUT2D eigenvalue weighted by atomic mass is 10.3. The Kier molecular flexibility index (Phi) is 2.14. The Balaban J connectivity index is 2.86. The van der Waals surface area contributed by atoms with Crippen LogP contribution in [0.3, 0.4) is 0 Å². The predicted octanol–water partition coefficient (Wildman–Crippen LogP) is 1.67. The van der Waals surface area contributed by atoms with E-state index in [1.807, 2.05) is 0 Å². The zero-order valence-corrected chi connectivity index (χ0v) is 6.84. The van der Waals surface area contributed by atoms with Crippen LogP contribution in [0.2, 0.25) is 0 Å². The number of thiol groups is 1. The van der Waals surface area contributed by atoms with Crippen LogP contribution in [-0.2, 0) is 4.79 Å². The SMILES string of the molecule is CC1=CC(=O)[SH](C(=O)O)C=C1. The van der Waals surface area contributed by atoms with E-state index in [1.54, 1.807) is 13.0 Å². The summed E-state index contributed by atoms with van der Waals surface area (Å²) >= 11 is 0. The van der Waals surface area contributed by atoms with Crippen molar-refractivity contribution >= 4 is 21.3 Å². The van der Waals surface area contributed by atoms with Crippen LogP contribution in [-0.4, -0.2) is 15.5 Å². The summed E-state index contributed by atoms with van der Waals surface area (Å²) in [5, 5.41) is 8.68. The summed E-state index contributed by atoms with van der Waals surface area (Å²) in [6.45, 7) is 1.77. The van der Waals surface area contributed by atoms with Gasteiger partial charge in [-0.3, -0.25) is 4.79 Å². The summed E-state index contributed by atoms with van der Waals surface area (Å²) < 4.78 is 0. The highest BCUT2D eigenvalue weighted by molar-refractivity contribution is 8.43. The van der Waals surface area contributed by atoms with Crippen LogP contribution in [0.25, 0.3) is 0 Å². The van der Waals surface area contributed by atoms with Crippen LogP contribution in [0.1, 0.15) is 6.92 Å². The Labute approximate surface area is 66.8 Å². The summed E-state index contributed by atoms with van der Waals surface area (Å²) in [5.41, 5.74) is 0.815. The van der Waals surface area contributed by atoms with Gasteiger partial charge in [0.05, 0.1) is 0 Å². The van der Waals surface area contributed by atoms with E-state index in [0.717, 1.165) is 5.57 Å². The fourth-order valence-electron chi connectivity index (χ4n) is 0.736. The van der Waals surface area contributed by atoms with Gasteiger partial charge in [-0.1, -0.05) is 17.0 Å². The Morgan fingerprint density at radius 1 is 1.64 bits per heavy atom. The number of allylic oxidation sites excluding steroid dienone is 2. The van der Waals surface area contributed by atoms with Crippen molar-refractivity contribution in [2.45, 2.75) is 6.92 Å². The first-order valence-corrected chi connectivity index (χ1v) is 4.45. The molecule has 1 atom stereocenters. The van der Waals surface area contributed by atoms with Crippen molar-refractivity contribution in [2.75, 3.05) is 0 Å². The van der Waals surface area contributed by atoms with Crippen molar-refractivity contribution in [1.82, 2.24) is 0 Å². The Morgan fingerprint density at radius 3 is 2.73 bits per heavy atom. The molecule has 3 nitrogen and oxygen atoms in total. The lowest BCUT2D eigenvalue weighted by Gasteiger charge is -2.11. The largest absolute Gasteiger partial charge is 0.474 e. The highest BCUT2D eigenvalue weighted by atomic mass is 32.2. The average molecular weight is 172 g/mol. The molecule has 0 bridgehead atoms. The smallest absolute Gasteiger partial charge is 0.355 e. The molecular weight excluding hydrogens is 164 g/mol. The molecule has 0 aliphatic carbocycles. The minimum atomic E-state index is -1.60. The van der Waals surface area contributed by atoms with Gasteiger partial charge < -0.3 is 5.11 Å². The second-order valence-corrected chi connectivity index (χ2v) is 4.06. The van der Waals surface area contributed by atoms with E-state index in [0.29, 0.717) is 0 Å². The van der Waals surface area contributed by atoms with E-state index < -0.39 is 16.2 Å². The Morgan fingerprint density at radius 2 is 2.27 bits per heavy atom. The normalized spacial score (nSPS) is 26.5. The molecule has 11 heavy (non-hydrogen) atoms. The molecule has 0 radical (unpaired) electrons. The van der Waals surface area contributed by atoms with E-state index in [2.05, 4.69) is 0 Å². The summed E-state index contributed by atoms with van der Waals surface area (Å²) in [7, 11) is -1.60. The molecule has 1 aliphatic rings. The standard InChI is InChI=1S/C7H8O3S/c1-5-2-3-11(7(9)10)6(8)4-5/h2-4,11H,1H3,(H,9,10). The van der Waals surface area contributed by atoms with Crippen LogP contribution in [0.4, 0.5) is 4.79 Å². The molecule has 0 aromatic carbocycles. The lowest BCUT2D eigenvalue weighted by molar-refractivity contribution is -0.107. The number of carbonyl (C=O) groups excluding carboxylic acids is 1. The molecule has 1 rings (SSSR count). The molecule has 1 N–H and O–H groups in total. The van der Waals surface area contributed by atoms with Crippen LogP contribution in [0.15, 0.2) is 23.1 Å². The topological polar surface area (TPSA) is 54.4 Å². The second-order valence-electron chi connectivity index (χ2n) is 2.19. The molecule has 0 fully saturated rings. The monoisotopic (exact) mass is 172 g/mol. The van der Waals surface area contributed by atoms with E-state index in [4.69, 9.17) is 5.11 Å². The third kappa shape index (κ3) is 1.71. The minimum absolute atomic E-state index is 0.285. The summed E-state index contributed by atoms with van der Waals surface area (Å²) in [6, 6.07) is 0. The zero-order chi connectivity index (χ0) is 8.43. The van der Waals surface area contributed by atoms with Gasteiger partial charge in [0.15, 0.2) is 0 Å². The van der Waals surface area contributed by atoms with Crippen molar-refractivity contribution in [2.24, 2.45) is 0 Å². The molecule has 0 saturated carbocycles. The quantitative estimate of drug-likeness (QED) is 0.546. The van der Waals surface area contributed by atoms with Gasteiger partial charge >= 0.3 is 5.30 Å². The van der Waals surface area contributed by atoms with Gasteiger partial charge in [-0.15, -0.1) is 0 Å². The minimum Gasteiger partial charge on any atom is -0.474 e. The van der Waals surface area contributed by atoms with Gasteiger partial charge in [0.2, 0.25) is 5.12 Å². The molecule has 0 saturated heterocycles. The van der Waals surface area contributed by atoms with Crippen molar-refractivity contribution in [1.29, 1.82) is 0 Å². The van der Waals surface area contributed by atoms with Crippen LogP contribution in [0.5, 0.6) is 0 Å². The lowest BCUT2D eigenvalue weighted by Crippen LogP contribution is -2.05. The molecule has 4 heteroatoms. The number of hydrogen-bond donors (Lipinski definition) is 2. The summed E-state index contributed by atoms with van der Waals surface area (Å²) in [6.07, 6.45) is 3.04. The number of rotatable bonds is 0. The molecule has 0 aromatic rings. The maximum absolute atomic E-state index is 11.0. The van der Waals surface area contributed by atoms with E-state index in [1.165, 1.54) is 11.5 Å². The molecule has 0 spiro atoms. The maximum atomic E-state index is 11.0. The number of carbonyl (C=O) groups is 2. The number of hydrogen-bond acceptors (Lipinski definition) is 2. The Hall–Kier alpha value is -1.03. The van der Waals surface area contributed by atoms with Gasteiger partial charge in [0, 0.05) is 0 Å². The van der Waals surface area contributed by atoms with Gasteiger partial charge in [-0.05, 0) is 24.0 Å². The van der Waals surface area contributed by atoms with Crippen LogP contribution >= 0.6 is 10.9 Å². The number of carboxylic acid groups (broad SMARTS) is 1. The highest BCUT2D eigenvalue weighted by Gasteiger charge is 2.18. The molecule has 0 aromatic heterocycles. The van der Waals surface area contributed by atoms with Gasteiger partial charge in [0.1, 0.15) is 0 Å². The third-order valence-corrected chi connectivity index (χ3v) is 2.74. The van der Waals surface area contributed by atoms with Crippen molar-refractivity contribution < 1.29 is 14.7 Å². The molecule has 60 valence electrons. The fraction of sp³-hybridized carbons (Fsp3) is 0.143. The third-order valence-electron chi connectivity index (χ3n) is 1.28. The van der Waals surface area contributed by atoms with Gasteiger partial charge in [-0.25, -0.2) is 4.79 Å². The van der Waals surface area contributed by atoms with Crippen molar-refractivity contribution in [3.63, 3.8) is 0 Å². The van der Waals surface area contributed by atoms with Crippen molar-refractivity contribution in [3.05, 3.63) is 23.1 Å². The predicted molar refractivity (Wildman–Crippen MR) is 44.9 cm³/mol. The fourth-order valence-corrected chi connectivity index (χ4v) is 1.93. The molecule has 1 heterocycles. The summed E-state index contributed by atoms with van der Waals surface area (Å²) in [4.78, 5) is 21.4. The highest BCUT2D eigenvalue weighted by Crippen LogP contribution is 2.33. The van der Waals surface area contributed by atoms with E-state index in [9.17, 15) is 9.59 Å². The van der Waals surface area contributed by atoms with Crippen LogP contribution in [0, 0.1) is 0 Å². The molecule has 1 unspecified atom stereocenters. The van der Waals surface area contributed by atoms with Gasteiger partial charge in [0.25, 0.3) is 0 Å².